The summed E-state index contributed by atoms with van der Waals surface area (Å²) in [6.45, 7) is 12.5. The zero-order valence-corrected chi connectivity index (χ0v) is 20.4. The normalized spacial score (nSPS) is 24.8. The van der Waals surface area contributed by atoms with Crippen LogP contribution in [-0.2, 0) is 8.11 Å². The van der Waals surface area contributed by atoms with Gasteiger partial charge in [0.1, 0.15) is 0 Å². The summed E-state index contributed by atoms with van der Waals surface area (Å²) in [6.07, 6.45) is 12.9. The van der Waals surface area contributed by atoms with Crippen molar-refractivity contribution in [3.05, 3.63) is 11.6 Å². The van der Waals surface area contributed by atoms with E-state index in [0.717, 1.165) is 18.4 Å². The van der Waals surface area contributed by atoms with Crippen LogP contribution in [-0.4, -0.2) is 25.4 Å². The first-order chi connectivity index (χ1) is 12.0. The van der Waals surface area contributed by atoms with Crippen LogP contribution in [0.2, 0.25) is 13.3 Å². The molecule has 2 unspecified atom stereocenters. The molecular weight excluding hydrogens is 415 g/mol. The first kappa shape index (κ1) is 21.8. The summed E-state index contributed by atoms with van der Waals surface area (Å²) in [7, 11) is 0. The molecule has 25 heavy (non-hydrogen) atoms. The molecule has 0 aromatic rings. The molecular formula is C22H42O2Sn. The fourth-order valence-corrected chi connectivity index (χ4v) is 17.1. The molecule has 0 aliphatic heterocycles. The van der Waals surface area contributed by atoms with Gasteiger partial charge in [-0.3, -0.25) is 0 Å². The van der Waals surface area contributed by atoms with Crippen LogP contribution in [0.15, 0.2) is 11.6 Å². The summed E-state index contributed by atoms with van der Waals surface area (Å²) in [6, 6.07) is 0. The van der Waals surface area contributed by atoms with E-state index in [-0.39, 0.29) is 0 Å². The van der Waals surface area contributed by atoms with Crippen molar-refractivity contribution in [1.29, 1.82) is 0 Å². The van der Waals surface area contributed by atoms with Crippen molar-refractivity contribution in [1.82, 2.24) is 0 Å². The SMILES string of the molecule is CCC[CH2][Sn]([CH2]CCC)([CH2]CCC)[O]OCC1=CCC2CC1C2(C)C. The van der Waals surface area contributed by atoms with Crippen LogP contribution >= 0.6 is 0 Å². The van der Waals surface area contributed by atoms with Gasteiger partial charge in [0.15, 0.2) is 0 Å². The molecule has 0 radical (unpaired) electrons. The zero-order valence-electron chi connectivity index (χ0n) is 17.5. The number of unbranched alkanes of at least 4 members (excludes halogenated alkanes) is 3. The second-order valence-corrected chi connectivity index (χ2v) is 20.7. The van der Waals surface area contributed by atoms with E-state index in [9.17, 15) is 0 Å². The Hall–Kier alpha value is 0.459. The summed E-state index contributed by atoms with van der Waals surface area (Å²) in [5, 5.41) is 0. The number of hydrogen-bond donors (Lipinski definition) is 0. The third-order valence-corrected chi connectivity index (χ3v) is 19.2. The molecule has 2 bridgehead atoms. The van der Waals surface area contributed by atoms with Crippen molar-refractivity contribution in [3.63, 3.8) is 0 Å². The van der Waals surface area contributed by atoms with Crippen molar-refractivity contribution in [2.24, 2.45) is 17.3 Å². The molecule has 3 aliphatic carbocycles. The Kier molecular flexibility index (Phi) is 8.81. The Morgan fingerprint density at radius 1 is 1.00 bits per heavy atom. The summed E-state index contributed by atoms with van der Waals surface area (Å²) < 4.78 is 10.5. The standard InChI is InChI=1S/C10H16O2.3C4H9.Sn/c1-10(2)8-4-3-7(6-12-11)9(10)5-8;3*1-3-4-2;/h3,8-9,11H,4-6H2,1-2H3;3*1,3-4H2,2H3;/q;;;;+1/p-1. The van der Waals surface area contributed by atoms with E-state index < -0.39 is 18.8 Å². The van der Waals surface area contributed by atoms with Crippen molar-refractivity contribution in [3.8, 4) is 0 Å². The molecule has 0 aromatic heterocycles. The van der Waals surface area contributed by atoms with Gasteiger partial charge in [0.2, 0.25) is 0 Å². The summed E-state index contributed by atoms with van der Waals surface area (Å²) in [5.74, 6) is 1.64. The summed E-state index contributed by atoms with van der Waals surface area (Å²) >= 11 is -2.60. The van der Waals surface area contributed by atoms with Crippen LogP contribution in [0.1, 0.15) is 86.0 Å². The van der Waals surface area contributed by atoms with Gasteiger partial charge in [-0.25, -0.2) is 0 Å². The fraction of sp³-hybridized carbons (Fsp3) is 0.909. The minimum absolute atomic E-state index is 0.487. The van der Waals surface area contributed by atoms with E-state index in [1.807, 2.05) is 0 Å². The van der Waals surface area contributed by atoms with E-state index in [2.05, 4.69) is 40.7 Å². The van der Waals surface area contributed by atoms with Gasteiger partial charge < -0.3 is 0 Å². The molecule has 0 aromatic carbocycles. The Balaban J connectivity index is 1.92. The Bertz CT molecular complexity index is 408. The molecule has 3 aliphatic rings. The van der Waals surface area contributed by atoms with Crippen molar-refractivity contribution in [2.45, 2.75) is 99.3 Å². The molecule has 1 fully saturated rings. The molecule has 146 valence electrons. The molecule has 0 N–H and O–H groups in total. The van der Waals surface area contributed by atoms with Gasteiger partial charge in [-0.1, -0.05) is 0 Å². The van der Waals surface area contributed by atoms with Gasteiger partial charge in [0.25, 0.3) is 0 Å². The molecule has 2 atom stereocenters. The van der Waals surface area contributed by atoms with Crippen molar-refractivity contribution >= 4 is 18.8 Å². The fourth-order valence-electron chi connectivity index (χ4n) is 4.86. The molecule has 2 nitrogen and oxygen atoms in total. The summed E-state index contributed by atoms with van der Waals surface area (Å²) in [4.78, 5) is 6.04. The third-order valence-electron chi connectivity index (χ3n) is 7.00. The number of fused-ring (bicyclic) bond motifs is 1. The van der Waals surface area contributed by atoms with E-state index in [1.54, 1.807) is 0 Å². The van der Waals surface area contributed by atoms with Crippen LogP contribution in [0.25, 0.3) is 0 Å². The maximum atomic E-state index is 6.44. The average Bonchev–Trinajstić information content (AvgIpc) is 2.62. The topological polar surface area (TPSA) is 18.5 Å². The van der Waals surface area contributed by atoms with Gasteiger partial charge in [-0.15, -0.1) is 0 Å². The average molecular weight is 457 g/mol. The molecule has 0 saturated heterocycles. The monoisotopic (exact) mass is 458 g/mol. The van der Waals surface area contributed by atoms with Crippen LogP contribution in [0.3, 0.4) is 0 Å². The quantitative estimate of drug-likeness (QED) is 0.125. The number of allylic oxidation sites excluding steroid dienone is 1. The van der Waals surface area contributed by atoms with Gasteiger partial charge >= 0.3 is 162 Å². The summed E-state index contributed by atoms with van der Waals surface area (Å²) in [5.41, 5.74) is 2.01. The van der Waals surface area contributed by atoms with Crippen LogP contribution in [0, 0.1) is 17.3 Å². The van der Waals surface area contributed by atoms with Gasteiger partial charge in [0, 0.05) is 0 Å². The second-order valence-electron chi connectivity index (χ2n) is 9.16. The third kappa shape index (κ3) is 5.48. The Morgan fingerprint density at radius 2 is 1.56 bits per heavy atom. The second kappa shape index (κ2) is 10.1. The van der Waals surface area contributed by atoms with E-state index in [1.165, 1.54) is 70.2 Å². The molecule has 0 spiro atoms. The van der Waals surface area contributed by atoms with Crippen LogP contribution < -0.4 is 0 Å². The minimum atomic E-state index is -2.60. The van der Waals surface area contributed by atoms with Crippen molar-refractivity contribution in [2.75, 3.05) is 6.61 Å². The molecule has 0 amide bonds. The van der Waals surface area contributed by atoms with Crippen molar-refractivity contribution < 1.29 is 8.11 Å². The molecule has 3 heteroatoms. The zero-order chi connectivity index (χ0) is 18.3. The Labute approximate surface area is 161 Å². The number of hydrogen-bond acceptors (Lipinski definition) is 2. The van der Waals surface area contributed by atoms with Gasteiger partial charge in [-0.05, 0) is 0 Å². The van der Waals surface area contributed by atoms with Crippen LogP contribution in [0.4, 0.5) is 0 Å². The molecule has 1 saturated carbocycles. The maximum absolute atomic E-state index is 6.44. The molecule has 0 heterocycles. The Morgan fingerprint density at radius 3 is 2.00 bits per heavy atom. The van der Waals surface area contributed by atoms with E-state index >= 15 is 0 Å². The predicted octanol–water partition coefficient (Wildman–Crippen LogP) is 7.27. The first-order valence-corrected chi connectivity index (χ1v) is 18.2. The first-order valence-electron chi connectivity index (χ1n) is 11.0. The van der Waals surface area contributed by atoms with Crippen LogP contribution in [0.5, 0.6) is 0 Å². The van der Waals surface area contributed by atoms with Gasteiger partial charge in [-0.2, -0.15) is 0 Å². The van der Waals surface area contributed by atoms with Gasteiger partial charge in [0.05, 0.1) is 0 Å². The van der Waals surface area contributed by atoms with E-state index in [4.69, 9.17) is 8.11 Å². The number of rotatable bonds is 13. The predicted molar refractivity (Wildman–Crippen MR) is 110 cm³/mol. The molecule has 3 rings (SSSR count). The van der Waals surface area contributed by atoms with E-state index in [0.29, 0.717) is 5.41 Å².